The predicted molar refractivity (Wildman–Crippen MR) is 91.7 cm³/mol. The molecule has 0 amide bonds. The van der Waals surface area contributed by atoms with Gasteiger partial charge in [-0.15, -0.1) is 0 Å². The molecule has 3 rings (SSSR count). The van der Waals surface area contributed by atoms with Crippen LogP contribution in [0.5, 0.6) is 0 Å². The molecule has 0 fully saturated rings. The van der Waals surface area contributed by atoms with Gasteiger partial charge in [0.2, 0.25) is 5.95 Å². The van der Waals surface area contributed by atoms with E-state index in [2.05, 4.69) is 20.5 Å². The van der Waals surface area contributed by atoms with Crippen molar-refractivity contribution in [3.63, 3.8) is 0 Å². The number of aromatic nitrogens is 2. The van der Waals surface area contributed by atoms with Gasteiger partial charge in [0.1, 0.15) is 5.82 Å². The van der Waals surface area contributed by atoms with Gasteiger partial charge in [0, 0.05) is 30.1 Å². The van der Waals surface area contributed by atoms with E-state index in [9.17, 15) is 14.5 Å². The molecule has 0 aliphatic rings. The number of rotatable bonds is 5. The highest BCUT2D eigenvalue weighted by atomic mass is 19.1. The normalized spacial score (nSPS) is 10.8. The first kappa shape index (κ1) is 16.2. The quantitative estimate of drug-likeness (QED) is 0.436. The molecule has 8 heteroatoms. The topological polar surface area (TPSA) is 93.3 Å². The van der Waals surface area contributed by atoms with Gasteiger partial charge < -0.3 is 0 Å². The van der Waals surface area contributed by atoms with Crippen molar-refractivity contribution in [2.45, 2.75) is 0 Å². The Balaban J connectivity index is 1.65. The molecule has 0 aliphatic heterocycles. The van der Waals surface area contributed by atoms with Crippen LogP contribution in [0.25, 0.3) is 11.1 Å². The van der Waals surface area contributed by atoms with E-state index in [1.54, 1.807) is 36.7 Å². The van der Waals surface area contributed by atoms with E-state index < -0.39 is 4.92 Å². The lowest BCUT2D eigenvalue weighted by molar-refractivity contribution is -0.384. The third-order valence-electron chi connectivity index (χ3n) is 3.31. The van der Waals surface area contributed by atoms with Crippen molar-refractivity contribution in [1.82, 2.24) is 9.97 Å². The fourth-order valence-corrected chi connectivity index (χ4v) is 2.02. The number of nitro benzene ring substituents is 1. The van der Waals surface area contributed by atoms with Crippen LogP contribution in [0.2, 0.25) is 0 Å². The number of benzene rings is 2. The maximum absolute atomic E-state index is 12.8. The maximum Gasteiger partial charge on any atom is 0.269 e. The summed E-state index contributed by atoms with van der Waals surface area (Å²) in [5, 5.41) is 14.6. The fourth-order valence-electron chi connectivity index (χ4n) is 2.02. The molecule has 0 aliphatic carbocycles. The molecular formula is C17H12FN5O2. The first-order valence-corrected chi connectivity index (χ1v) is 7.23. The van der Waals surface area contributed by atoms with Crippen LogP contribution in [0.3, 0.4) is 0 Å². The molecule has 0 saturated carbocycles. The average Bonchev–Trinajstić information content (AvgIpc) is 2.64. The number of hydrogen-bond acceptors (Lipinski definition) is 6. The van der Waals surface area contributed by atoms with Crippen molar-refractivity contribution in [2.24, 2.45) is 5.10 Å². The van der Waals surface area contributed by atoms with Crippen LogP contribution in [0, 0.1) is 15.9 Å². The number of non-ortho nitro benzene ring substituents is 1. The molecule has 0 radical (unpaired) electrons. The predicted octanol–water partition coefficient (Wildman–Crippen LogP) is 3.64. The highest BCUT2D eigenvalue weighted by Gasteiger charge is 2.06. The van der Waals surface area contributed by atoms with Crippen LogP contribution in [0.4, 0.5) is 16.0 Å². The lowest BCUT2D eigenvalue weighted by atomic mass is 10.1. The molecule has 124 valence electrons. The van der Waals surface area contributed by atoms with Gasteiger partial charge in [-0.2, -0.15) is 5.10 Å². The standard InChI is InChI=1S/C17H12FN5O2/c18-15-5-1-12(2-6-15)9-21-22-17-19-10-14(11-20-17)13-3-7-16(8-4-13)23(24)25/h1-11H,(H,19,20,22)/b21-9-. The molecule has 1 aromatic heterocycles. The SMILES string of the molecule is O=[N+]([O-])c1ccc(-c2cnc(N/N=C\c3ccc(F)cc3)nc2)cc1. The number of nitrogens with zero attached hydrogens (tertiary/aromatic N) is 4. The highest BCUT2D eigenvalue weighted by Crippen LogP contribution is 2.21. The molecule has 1 N–H and O–H groups in total. The van der Waals surface area contributed by atoms with E-state index in [-0.39, 0.29) is 11.5 Å². The summed E-state index contributed by atoms with van der Waals surface area (Å²) in [7, 11) is 0. The van der Waals surface area contributed by atoms with Gasteiger partial charge in [0.15, 0.2) is 0 Å². The summed E-state index contributed by atoms with van der Waals surface area (Å²) in [6, 6.07) is 12.0. The molecule has 0 unspecified atom stereocenters. The number of hydrogen-bond donors (Lipinski definition) is 1. The highest BCUT2D eigenvalue weighted by molar-refractivity contribution is 5.79. The summed E-state index contributed by atoms with van der Waals surface area (Å²) >= 11 is 0. The van der Waals surface area contributed by atoms with Gasteiger partial charge in [-0.25, -0.2) is 19.8 Å². The molecule has 0 atom stereocenters. The van der Waals surface area contributed by atoms with E-state index in [1.807, 2.05) is 0 Å². The molecule has 7 nitrogen and oxygen atoms in total. The minimum Gasteiger partial charge on any atom is -0.258 e. The third-order valence-corrected chi connectivity index (χ3v) is 3.31. The monoisotopic (exact) mass is 337 g/mol. The second-order valence-electron chi connectivity index (χ2n) is 5.02. The van der Waals surface area contributed by atoms with Crippen molar-refractivity contribution in [3.8, 4) is 11.1 Å². The van der Waals surface area contributed by atoms with E-state index in [0.717, 1.165) is 16.7 Å². The Morgan fingerprint density at radius 1 is 1.00 bits per heavy atom. The summed E-state index contributed by atoms with van der Waals surface area (Å²) in [6.45, 7) is 0. The summed E-state index contributed by atoms with van der Waals surface area (Å²) in [4.78, 5) is 18.5. The number of anilines is 1. The zero-order valence-electron chi connectivity index (χ0n) is 12.8. The van der Waals surface area contributed by atoms with E-state index in [4.69, 9.17) is 0 Å². The van der Waals surface area contributed by atoms with Crippen LogP contribution in [0.15, 0.2) is 66.0 Å². The largest absolute Gasteiger partial charge is 0.269 e. The van der Waals surface area contributed by atoms with Gasteiger partial charge in [-0.05, 0) is 35.4 Å². The first-order chi connectivity index (χ1) is 12.1. The molecule has 0 bridgehead atoms. The molecule has 0 spiro atoms. The minimum atomic E-state index is -0.452. The molecule has 0 saturated heterocycles. The molecule has 1 heterocycles. The molecule has 3 aromatic rings. The van der Waals surface area contributed by atoms with Crippen molar-refractivity contribution in [3.05, 3.63) is 82.4 Å². The first-order valence-electron chi connectivity index (χ1n) is 7.23. The number of nitrogens with one attached hydrogen (secondary N) is 1. The molecule has 25 heavy (non-hydrogen) atoms. The van der Waals surface area contributed by atoms with Crippen LogP contribution in [0.1, 0.15) is 5.56 Å². The van der Waals surface area contributed by atoms with Crippen molar-refractivity contribution in [1.29, 1.82) is 0 Å². The van der Waals surface area contributed by atoms with Gasteiger partial charge in [-0.3, -0.25) is 10.1 Å². The molecule has 2 aromatic carbocycles. The summed E-state index contributed by atoms with van der Waals surface area (Å²) in [6.07, 6.45) is 4.70. The lowest BCUT2D eigenvalue weighted by Crippen LogP contribution is -1.97. The van der Waals surface area contributed by atoms with E-state index in [0.29, 0.717) is 5.95 Å². The van der Waals surface area contributed by atoms with Crippen LogP contribution < -0.4 is 5.43 Å². The van der Waals surface area contributed by atoms with E-state index in [1.165, 1.54) is 30.5 Å². The minimum absolute atomic E-state index is 0.0260. The second kappa shape index (κ2) is 7.26. The Morgan fingerprint density at radius 3 is 2.24 bits per heavy atom. The van der Waals surface area contributed by atoms with Crippen LogP contribution >= 0.6 is 0 Å². The zero-order valence-corrected chi connectivity index (χ0v) is 12.8. The Hall–Kier alpha value is -3.68. The molecular weight excluding hydrogens is 325 g/mol. The second-order valence-corrected chi connectivity index (χ2v) is 5.02. The number of nitro groups is 1. The van der Waals surface area contributed by atoms with Crippen LogP contribution in [-0.2, 0) is 0 Å². The van der Waals surface area contributed by atoms with Crippen molar-refractivity contribution >= 4 is 17.9 Å². The number of hydrazone groups is 1. The van der Waals surface area contributed by atoms with Gasteiger partial charge in [0.05, 0.1) is 11.1 Å². The van der Waals surface area contributed by atoms with Gasteiger partial charge in [-0.1, -0.05) is 12.1 Å². The Morgan fingerprint density at radius 2 is 1.64 bits per heavy atom. The van der Waals surface area contributed by atoms with E-state index >= 15 is 0 Å². The van der Waals surface area contributed by atoms with Gasteiger partial charge >= 0.3 is 0 Å². The zero-order chi connectivity index (χ0) is 17.6. The average molecular weight is 337 g/mol. The smallest absolute Gasteiger partial charge is 0.258 e. The lowest BCUT2D eigenvalue weighted by Gasteiger charge is -2.02. The summed E-state index contributed by atoms with van der Waals surface area (Å²) < 4.78 is 12.8. The Kier molecular flexibility index (Phi) is 4.70. The maximum atomic E-state index is 12.8. The Labute approximate surface area is 142 Å². The third kappa shape index (κ3) is 4.20. The number of halogens is 1. The summed E-state index contributed by atoms with van der Waals surface area (Å²) in [5.74, 6) is -0.0145. The van der Waals surface area contributed by atoms with Crippen molar-refractivity contribution < 1.29 is 9.31 Å². The fraction of sp³-hybridized carbons (Fsp3) is 0. The summed E-state index contributed by atoms with van der Waals surface area (Å²) in [5.41, 5.74) is 4.93. The van der Waals surface area contributed by atoms with Gasteiger partial charge in [0.25, 0.3) is 5.69 Å². The Bertz CT molecular complexity index is 894. The van der Waals surface area contributed by atoms with Crippen molar-refractivity contribution in [2.75, 3.05) is 5.43 Å². The van der Waals surface area contributed by atoms with Crippen LogP contribution in [-0.4, -0.2) is 21.1 Å².